The summed E-state index contributed by atoms with van der Waals surface area (Å²) in [7, 11) is -3.98. The van der Waals surface area contributed by atoms with Gasteiger partial charge in [-0.3, -0.25) is 0 Å². The van der Waals surface area contributed by atoms with E-state index in [4.69, 9.17) is 10.8 Å². The molecule has 0 spiro atoms. The van der Waals surface area contributed by atoms with Gasteiger partial charge in [0.05, 0.1) is 21.7 Å². The average Bonchev–Trinajstić information content (AvgIpc) is 2.81. The molecular weight excluding hydrogens is 314 g/mol. The molecule has 2 rings (SSSR count). The van der Waals surface area contributed by atoms with Crippen LogP contribution in [0.25, 0.3) is 0 Å². The number of anilines is 1. The van der Waals surface area contributed by atoms with E-state index in [9.17, 15) is 13.2 Å². The maximum atomic E-state index is 12.3. The number of aromatic nitrogens is 1. The van der Waals surface area contributed by atoms with E-state index in [1.165, 1.54) is 23.5 Å². The monoisotopic (exact) mass is 327 g/mol. The number of carbonyl (C=O) groups is 1. The van der Waals surface area contributed by atoms with Crippen molar-refractivity contribution >= 4 is 33.0 Å². The van der Waals surface area contributed by atoms with Crippen molar-refractivity contribution in [3.8, 4) is 0 Å². The smallest absolute Gasteiger partial charge is 0.337 e. The molecule has 21 heavy (non-hydrogen) atoms. The second-order valence-corrected chi connectivity index (χ2v) is 6.92. The summed E-state index contributed by atoms with van der Waals surface area (Å²) >= 11 is 1.32. The van der Waals surface area contributed by atoms with Gasteiger partial charge in [-0.15, -0.1) is 11.3 Å². The Labute approximate surface area is 125 Å². The van der Waals surface area contributed by atoms with Crippen LogP contribution in [0.3, 0.4) is 0 Å². The van der Waals surface area contributed by atoms with E-state index in [0.717, 1.165) is 16.6 Å². The van der Waals surface area contributed by atoms with Crippen LogP contribution in [0.15, 0.2) is 28.6 Å². The van der Waals surface area contributed by atoms with Crippen LogP contribution in [0.2, 0.25) is 0 Å². The molecule has 1 aromatic heterocycles. The zero-order chi connectivity index (χ0) is 15.6. The Bertz CT molecular complexity index is 784. The molecule has 0 saturated carbocycles. The van der Waals surface area contributed by atoms with Crippen LogP contribution in [-0.2, 0) is 16.6 Å². The Morgan fingerprint density at radius 2 is 2.19 bits per heavy atom. The molecule has 0 fully saturated rings. The number of nitrogens with one attached hydrogen (secondary N) is 1. The molecule has 0 aliphatic carbocycles. The second-order valence-electron chi connectivity index (χ2n) is 4.25. The molecule has 2 aromatic rings. The molecule has 0 aliphatic rings. The van der Waals surface area contributed by atoms with Gasteiger partial charge in [-0.25, -0.2) is 22.9 Å². The van der Waals surface area contributed by atoms with Gasteiger partial charge in [0.15, 0.2) is 0 Å². The Morgan fingerprint density at radius 1 is 1.48 bits per heavy atom. The summed E-state index contributed by atoms with van der Waals surface area (Å²) in [5.74, 6) is -1.33. The first-order valence-corrected chi connectivity index (χ1v) is 8.19. The molecule has 1 aromatic carbocycles. The minimum Gasteiger partial charge on any atom is -0.478 e. The predicted octanol–water partition coefficient (Wildman–Crippen LogP) is 1.21. The number of sulfonamides is 1. The zero-order valence-electron chi connectivity index (χ0n) is 11.0. The summed E-state index contributed by atoms with van der Waals surface area (Å²) in [5, 5.41) is 9.08. The molecule has 0 amide bonds. The van der Waals surface area contributed by atoms with Crippen LogP contribution in [0.1, 0.15) is 20.9 Å². The lowest BCUT2D eigenvalue weighted by atomic mass is 10.2. The lowest BCUT2D eigenvalue weighted by molar-refractivity contribution is 0.0692. The van der Waals surface area contributed by atoms with Crippen molar-refractivity contribution in [1.82, 2.24) is 9.71 Å². The summed E-state index contributed by atoms with van der Waals surface area (Å²) in [6.07, 6.45) is 0. The highest BCUT2D eigenvalue weighted by molar-refractivity contribution is 7.89. The molecule has 0 aliphatic heterocycles. The van der Waals surface area contributed by atoms with Gasteiger partial charge < -0.3 is 10.8 Å². The number of hydrogen-bond acceptors (Lipinski definition) is 6. The molecule has 9 heteroatoms. The highest BCUT2D eigenvalue weighted by Gasteiger charge is 2.22. The number of nitrogens with zero attached hydrogens (tertiary/aromatic N) is 1. The Hall–Kier alpha value is -1.97. The molecule has 0 unspecified atom stereocenters. The molecule has 7 nitrogen and oxygen atoms in total. The second kappa shape index (κ2) is 5.80. The number of benzene rings is 1. The van der Waals surface area contributed by atoms with Gasteiger partial charge in [-0.2, -0.15) is 0 Å². The number of aromatic carboxylic acids is 1. The molecular formula is C12H13N3O4S2. The van der Waals surface area contributed by atoms with Crippen molar-refractivity contribution < 1.29 is 18.3 Å². The summed E-state index contributed by atoms with van der Waals surface area (Å²) in [6.45, 7) is 1.82. The maximum Gasteiger partial charge on any atom is 0.337 e. The fourth-order valence-electron chi connectivity index (χ4n) is 1.67. The van der Waals surface area contributed by atoms with Crippen molar-refractivity contribution in [1.29, 1.82) is 0 Å². The van der Waals surface area contributed by atoms with E-state index in [2.05, 4.69) is 9.71 Å². The number of nitrogen functional groups attached to an aromatic ring is 1. The van der Waals surface area contributed by atoms with Gasteiger partial charge in [0.2, 0.25) is 10.0 Å². The standard InChI is InChI=1S/C12H13N3O4S2/c1-7-10(20-6-14-7)5-15-21(18,19)11-4-8(13)2-3-9(11)12(16)17/h2-4,6,15H,5,13H2,1H3,(H,16,17). The van der Waals surface area contributed by atoms with E-state index in [1.807, 2.05) is 0 Å². The predicted molar refractivity (Wildman–Crippen MR) is 78.7 cm³/mol. The number of thiazole rings is 1. The van der Waals surface area contributed by atoms with Crippen LogP contribution >= 0.6 is 11.3 Å². The van der Waals surface area contributed by atoms with Crippen LogP contribution in [0.4, 0.5) is 5.69 Å². The van der Waals surface area contributed by atoms with Gasteiger partial charge in [0, 0.05) is 17.1 Å². The van der Waals surface area contributed by atoms with Crippen LogP contribution in [0, 0.1) is 6.92 Å². The minimum absolute atomic E-state index is 0.0483. The average molecular weight is 327 g/mol. The third kappa shape index (κ3) is 3.38. The van der Waals surface area contributed by atoms with Gasteiger partial charge in [-0.1, -0.05) is 0 Å². The van der Waals surface area contributed by atoms with Gasteiger partial charge in [-0.05, 0) is 25.1 Å². The topological polar surface area (TPSA) is 122 Å². The first-order valence-electron chi connectivity index (χ1n) is 5.82. The number of hydrogen-bond donors (Lipinski definition) is 3. The number of nitrogens with two attached hydrogens (primary N) is 1. The van der Waals surface area contributed by atoms with Crippen molar-refractivity contribution in [2.75, 3.05) is 5.73 Å². The molecule has 4 N–H and O–H groups in total. The Kier molecular flexibility index (Phi) is 4.26. The normalized spacial score (nSPS) is 11.5. The molecule has 0 radical (unpaired) electrons. The minimum atomic E-state index is -3.98. The highest BCUT2D eigenvalue weighted by atomic mass is 32.2. The van der Waals surface area contributed by atoms with Crippen LogP contribution < -0.4 is 10.5 Å². The van der Waals surface area contributed by atoms with E-state index in [-0.39, 0.29) is 22.7 Å². The lowest BCUT2D eigenvalue weighted by Gasteiger charge is -2.09. The van der Waals surface area contributed by atoms with Gasteiger partial charge in [0.25, 0.3) is 0 Å². The molecule has 112 valence electrons. The lowest BCUT2D eigenvalue weighted by Crippen LogP contribution is -2.25. The molecule has 0 atom stereocenters. The van der Waals surface area contributed by atoms with E-state index in [0.29, 0.717) is 0 Å². The van der Waals surface area contributed by atoms with E-state index in [1.54, 1.807) is 12.4 Å². The first kappa shape index (κ1) is 15.4. The van der Waals surface area contributed by atoms with Crippen LogP contribution in [0.5, 0.6) is 0 Å². The SMILES string of the molecule is Cc1ncsc1CNS(=O)(=O)c1cc(N)ccc1C(=O)O. The zero-order valence-corrected chi connectivity index (χ0v) is 12.7. The third-order valence-corrected chi connectivity index (χ3v) is 5.17. The highest BCUT2D eigenvalue weighted by Crippen LogP contribution is 2.20. The summed E-state index contributed by atoms with van der Waals surface area (Å²) in [4.78, 5) is 15.6. The van der Waals surface area contributed by atoms with E-state index < -0.39 is 16.0 Å². The number of aryl methyl sites for hydroxylation is 1. The number of rotatable bonds is 5. The fourth-order valence-corrected chi connectivity index (χ4v) is 3.71. The van der Waals surface area contributed by atoms with Crippen molar-refractivity contribution in [2.24, 2.45) is 0 Å². The van der Waals surface area contributed by atoms with Gasteiger partial charge >= 0.3 is 5.97 Å². The van der Waals surface area contributed by atoms with Crippen LogP contribution in [-0.4, -0.2) is 24.5 Å². The molecule has 1 heterocycles. The summed E-state index contributed by atoms with van der Waals surface area (Å²) in [6, 6.07) is 3.64. The number of carboxylic acid groups (broad SMARTS) is 1. The molecule has 0 saturated heterocycles. The van der Waals surface area contributed by atoms with E-state index >= 15 is 0 Å². The Morgan fingerprint density at radius 3 is 2.76 bits per heavy atom. The first-order chi connectivity index (χ1) is 9.81. The third-order valence-electron chi connectivity index (χ3n) is 2.79. The number of carboxylic acids is 1. The summed E-state index contributed by atoms with van der Waals surface area (Å²) in [5.41, 5.74) is 7.74. The van der Waals surface area contributed by atoms with Crippen molar-refractivity contribution in [2.45, 2.75) is 18.4 Å². The van der Waals surface area contributed by atoms with Gasteiger partial charge in [0.1, 0.15) is 0 Å². The largest absolute Gasteiger partial charge is 0.478 e. The Balaban J connectivity index is 2.33. The fraction of sp³-hybridized carbons (Fsp3) is 0.167. The summed E-state index contributed by atoms with van der Waals surface area (Å²) < 4.78 is 26.9. The van der Waals surface area contributed by atoms with Crippen molar-refractivity contribution in [3.05, 3.63) is 39.8 Å². The maximum absolute atomic E-state index is 12.3. The van der Waals surface area contributed by atoms with Crippen molar-refractivity contribution in [3.63, 3.8) is 0 Å². The molecule has 0 bridgehead atoms. The quantitative estimate of drug-likeness (QED) is 0.709.